The Bertz CT molecular complexity index is 238. The van der Waals surface area contributed by atoms with Gasteiger partial charge in [0.2, 0.25) is 0 Å². The molecule has 0 bridgehead atoms. The van der Waals surface area contributed by atoms with E-state index in [1.165, 1.54) is 12.8 Å². The topological polar surface area (TPSA) is 26.3 Å². The lowest BCUT2D eigenvalue weighted by molar-refractivity contribution is -0.154. The second kappa shape index (κ2) is 6.04. The molecule has 1 aliphatic carbocycles. The highest BCUT2D eigenvalue weighted by molar-refractivity contribution is 9.10. The number of alkyl halides is 1. The van der Waals surface area contributed by atoms with Gasteiger partial charge >= 0.3 is 5.97 Å². The van der Waals surface area contributed by atoms with Gasteiger partial charge in [-0.25, -0.2) is 0 Å². The number of rotatable bonds is 3. The van der Waals surface area contributed by atoms with Crippen molar-refractivity contribution in [1.82, 2.24) is 0 Å². The number of esters is 1. The number of halogens is 1. The fourth-order valence-electron chi connectivity index (χ4n) is 2.49. The standard InChI is InChI=1S/C13H23BrO2/c1-8(2)11-6-5-9(3)7-12(11)16-13(15)10(4)14/h8-12H,5-7H2,1-4H3/t9-,10?,11+,12-/m0/s1. The second-order valence-electron chi connectivity index (χ2n) is 5.42. The number of carbonyl (C=O) groups excluding carboxylic acids is 1. The number of ether oxygens (including phenoxy) is 1. The minimum absolute atomic E-state index is 0.121. The number of hydrogen-bond acceptors (Lipinski definition) is 2. The first-order valence-electron chi connectivity index (χ1n) is 6.26. The molecule has 0 heterocycles. The van der Waals surface area contributed by atoms with Crippen molar-refractivity contribution >= 4 is 21.9 Å². The highest BCUT2D eigenvalue weighted by Crippen LogP contribution is 2.35. The van der Waals surface area contributed by atoms with E-state index < -0.39 is 0 Å². The van der Waals surface area contributed by atoms with Gasteiger partial charge < -0.3 is 4.74 Å². The third kappa shape index (κ3) is 3.76. The first-order chi connectivity index (χ1) is 7.41. The minimum atomic E-state index is -0.197. The lowest BCUT2D eigenvalue weighted by atomic mass is 9.75. The molecule has 94 valence electrons. The Morgan fingerprint density at radius 1 is 1.31 bits per heavy atom. The van der Waals surface area contributed by atoms with E-state index in [0.717, 1.165) is 6.42 Å². The zero-order valence-corrected chi connectivity index (χ0v) is 12.3. The second-order valence-corrected chi connectivity index (χ2v) is 6.79. The van der Waals surface area contributed by atoms with Gasteiger partial charge in [0.1, 0.15) is 10.9 Å². The van der Waals surface area contributed by atoms with Gasteiger partial charge in [0, 0.05) is 0 Å². The van der Waals surface area contributed by atoms with Crippen LogP contribution in [0.25, 0.3) is 0 Å². The summed E-state index contributed by atoms with van der Waals surface area (Å²) in [5, 5.41) is 0. The summed E-state index contributed by atoms with van der Waals surface area (Å²) in [5.41, 5.74) is 0. The van der Waals surface area contributed by atoms with Crippen LogP contribution in [-0.4, -0.2) is 16.9 Å². The summed E-state index contributed by atoms with van der Waals surface area (Å²) < 4.78 is 5.61. The van der Waals surface area contributed by atoms with E-state index in [1.54, 1.807) is 0 Å². The van der Waals surface area contributed by atoms with Gasteiger partial charge in [0.05, 0.1) is 0 Å². The number of carbonyl (C=O) groups is 1. The van der Waals surface area contributed by atoms with Crippen LogP contribution in [0, 0.1) is 17.8 Å². The van der Waals surface area contributed by atoms with E-state index in [4.69, 9.17) is 4.74 Å². The van der Waals surface area contributed by atoms with Crippen molar-refractivity contribution in [3.63, 3.8) is 0 Å². The SMILES string of the molecule is CC(Br)C(=O)O[C@H]1C[C@@H](C)CC[C@@H]1C(C)C. The maximum absolute atomic E-state index is 11.6. The normalized spacial score (nSPS) is 32.5. The van der Waals surface area contributed by atoms with Crippen LogP contribution < -0.4 is 0 Å². The Hall–Kier alpha value is -0.0500. The molecular formula is C13H23BrO2. The molecule has 0 N–H and O–H groups in total. The lowest BCUT2D eigenvalue weighted by Crippen LogP contribution is -2.37. The summed E-state index contributed by atoms with van der Waals surface area (Å²) in [7, 11) is 0. The van der Waals surface area contributed by atoms with Crippen molar-refractivity contribution in [1.29, 1.82) is 0 Å². The summed E-state index contributed by atoms with van der Waals surface area (Å²) in [5.74, 6) is 1.69. The van der Waals surface area contributed by atoms with Gasteiger partial charge in [-0.3, -0.25) is 4.79 Å². The fourth-order valence-corrected chi connectivity index (χ4v) is 2.60. The van der Waals surface area contributed by atoms with Crippen LogP contribution >= 0.6 is 15.9 Å². The van der Waals surface area contributed by atoms with Crippen LogP contribution in [-0.2, 0) is 9.53 Å². The van der Waals surface area contributed by atoms with Gasteiger partial charge in [-0.2, -0.15) is 0 Å². The molecular weight excluding hydrogens is 268 g/mol. The molecule has 4 atom stereocenters. The average Bonchev–Trinajstić information content (AvgIpc) is 2.16. The Balaban J connectivity index is 2.61. The van der Waals surface area contributed by atoms with Gasteiger partial charge in [0.25, 0.3) is 0 Å². The maximum atomic E-state index is 11.6. The van der Waals surface area contributed by atoms with E-state index in [0.29, 0.717) is 17.8 Å². The van der Waals surface area contributed by atoms with Crippen molar-refractivity contribution < 1.29 is 9.53 Å². The molecule has 0 amide bonds. The third-order valence-electron chi connectivity index (χ3n) is 3.55. The molecule has 1 aliphatic rings. The highest BCUT2D eigenvalue weighted by Gasteiger charge is 2.33. The summed E-state index contributed by atoms with van der Waals surface area (Å²) in [6.45, 7) is 8.51. The van der Waals surface area contributed by atoms with E-state index in [9.17, 15) is 4.79 Å². The molecule has 1 unspecified atom stereocenters. The summed E-state index contributed by atoms with van der Waals surface area (Å²) >= 11 is 3.26. The predicted molar refractivity (Wildman–Crippen MR) is 69.6 cm³/mol. The molecule has 2 nitrogen and oxygen atoms in total. The maximum Gasteiger partial charge on any atom is 0.319 e. The molecule has 0 aromatic carbocycles. The first-order valence-corrected chi connectivity index (χ1v) is 7.18. The van der Waals surface area contributed by atoms with Gasteiger partial charge in [0.15, 0.2) is 0 Å². The van der Waals surface area contributed by atoms with Crippen molar-refractivity contribution in [3.05, 3.63) is 0 Å². The molecule has 0 spiro atoms. The summed E-state index contributed by atoms with van der Waals surface area (Å²) in [6.07, 6.45) is 3.60. The Kier molecular flexibility index (Phi) is 5.29. The Labute approximate surface area is 107 Å². The van der Waals surface area contributed by atoms with Crippen molar-refractivity contribution in [2.45, 2.75) is 57.9 Å². The zero-order chi connectivity index (χ0) is 12.3. The monoisotopic (exact) mass is 290 g/mol. The molecule has 0 radical (unpaired) electrons. The summed E-state index contributed by atoms with van der Waals surface area (Å²) in [6, 6.07) is 0. The Morgan fingerprint density at radius 2 is 1.94 bits per heavy atom. The molecule has 0 aromatic heterocycles. The molecule has 0 aliphatic heterocycles. The van der Waals surface area contributed by atoms with Crippen LogP contribution in [0.1, 0.15) is 47.0 Å². The molecule has 16 heavy (non-hydrogen) atoms. The number of hydrogen-bond donors (Lipinski definition) is 0. The van der Waals surface area contributed by atoms with Gasteiger partial charge in [-0.1, -0.05) is 43.1 Å². The fraction of sp³-hybridized carbons (Fsp3) is 0.923. The van der Waals surface area contributed by atoms with E-state index in [2.05, 4.69) is 36.7 Å². The largest absolute Gasteiger partial charge is 0.461 e. The van der Waals surface area contributed by atoms with Gasteiger partial charge in [-0.05, 0) is 37.5 Å². The molecule has 1 saturated carbocycles. The predicted octanol–water partition coefficient (Wildman–Crippen LogP) is 3.77. The van der Waals surface area contributed by atoms with Crippen LogP contribution in [0.3, 0.4) is 0 Å². The van der Waals surface area contributed by atoms with Crippen LogP contribution in [0.5, 0.6) is 0 Å². The van der Waals surface area contributed by atoms with Crippen LogP contribution in [0.2, 0.25) is 0 Å². The van der Waals surface area contributed by atoms with Crippen molar-refractivity contribution in [3.8, 4) is 0 Å². The van der Waals surface area contributed by atoms with E-state index >= 15 is 0 Å². The van der Waals surface area contributed by atoms with Crippen molar-refractivity contribution in [2.24, 2.45) is 17.8 Å². The zero-order valence-electron chi connectivity index (χ0n) is 10.7. The molecule has 1 fully saturated rings. The van der Waals surface area contributed by atoms with E-state index in [-0.39, 0.29) is 16.9 Å². The quantitative estimate of drug-likeness (QED) is 0.584. The average molecular weight is 291 g/mol. The van der Waals surface area contributed by atoms with E-state index in [1.807, 2.05) is 6.92 Å². The lowest BCUT2D eigenvalue weighted by Gasteiger charge is -2.36. The molecule has 0 aromatic rings. The first kappa shape index (κ1) is 14.0. The molecule has 3 heteroatoms. The molecule has 1 rings (SSSR count). The van der Waals surface area contributed by atoms with Crippen LogP contribution in [0.4, 0.5) is 0 Å². The highest BCUT2D eigenvalue weighted by atomic mass is 79.9. The van der Waals surface area contributed by atoms with Gasteiger partial charge in [-0.15, -0.1) is 0 Å². The minimum Gasteiger partial charge on any atom is -0.461 e. The molecule has 0 saturated heterocycles. The van der Waals surface area contributed by atoms with Crippen LogP contribution in [0.15, 0.2) is 0 Å². The third-order valence-corrected chi connectivity index (χ3v) is 3.93. The summed E-state index contributed by atoms with van der Waals surface area (Å²) in [4.78, 5) is 11.4. The Morgan fingerprint density at radius 3 is 2.44 bits per heavy atom. The van der Waals surface area contributed by atoms with Crippen molar-refractivity contribution in [2.75, 3.05) is 0 Å². The smallest absolute Gasteiger partial charge is 0.319 e.